The van der Waals surface area contributed by atoms with E-state index in [4.69, 9.17) is 19.5 Å². The second kappa shape index (κ2) is 16.5. The Kier molecular flexibility index (Phi) is 13.1. The fraction of sp³-hybridized carbons (Fsp3) is 0.433. The highest BCUT2D eigenvalue weighted by Gasteiger charge is 2.29. The quantitative estimate of drug-likeness (QED) is 0.233. The van der Waals surface area contributed by atoms with Gasteiger partial charge in [-0.1, -0.05) is 26.8 Å². The normalized spacial score (nSPS) is 11.9. The van der Waals surface area contributed by atoms with E-state index in [2.05, 4.69) is 21.3 Å². The number of methoxy groups -OCH3 is 3. The van der Waals surface area contributed by atoms with Crippen LogP contribution in [0.5, 0.6) is 17.2 Å². The highest BCUT2D eigenvalue weighted by Crippen LogP contribution is 2.22. The lowest BCUT2D eigenvalue weighted by atomic mass is 10.0. The number of ketones is 1. The summed E-state index contributed by atoms with van der Waals surface area (Å²) >= 11 is 0. The molecule has 4 amide bonds. The molecule has 42 heavy (non-hydrogen) atoms. The number of ether oxygens (including phenoxy) is 3. The number of carbonyl (C=O) groups excluding carboxylic acids is 4. The highest BCUT2D eigenvalue weighted by molar-refractivity contribution is 6.38. The van der Waals surface area contributed by atoms with Gasteiger partial charge in [-0.2, -0.15) is 5.26 Å². The van der Waals surface area contributed by atoms with Crippen molar-refractivity contribution in [1.29, 1.82) is 5.26 Å². The maximum atomic E-state index is 13.2. The van der Waals surface area contributed by atoms with Crippen molar-refractivity contribution in [1.82, 2.24) is 21.3 Å². The highest BCUT2D eigenvalue weighted by atomic mass is 16.5. The number of benzene rings is 2. The zero-order valence-electron chi connectivity index (χ0n) is 24.8. The lowest BCUT2D eigenvalue weighted by Gasteiger charge is -2.23. The van der Waals surface area contributed by atoms with Gasteiger partial charge in [0.25, 0.3) is 5.91 Å². The molecule has 0 aromatic heterocycles. The summed E-state index contributed by atoms with van der Waals surface area (Å²) in [4.78, 5) is 51.4. The van der Waals surface area contributed by atoms with Crippen LogP contribution in [0.15, 0.2) is 36.4 Å². The summed E-state index contributed by atoms with van der Waals surface area (Å²) < 4.78 is 15.7. The van der Waals surface area contributed by atoms with Crippen molar-refractivity contribution in [3.05, 3.63) is 53.1 Å². The van der Waals surface area contributed by atoms with Crippen molar-refractivity contribution in [3.8, 4) is 23.3 Å². The minimum atomic E-state index is -1.08. The first kappa shape index (κ1) is 33.4. The van der Waals surface area contributed by atoms with Gasteiger partial charge in [0.05, 0.1) is 39.0 Å². The first-order valence-electron chi connectivity index (χ1n) is 13.5. The summed E-state index contributed by atoms with van der Waals surface area (Å²) in [6, 6.07) is 9.32. The third kappa shape index (κ3) is 9.99. The van der Waals surface area contributed by atoms with Crippen molar-refractivity contribution in [2.24, 2.45) is 5.92 Å². The number of nitrogens with zero attached hydrogens (tertiary/aromatic N) is 1. The molecule has 4 N–H and O–H groups in total. The standard InChI is InChI=1S/C30H39N5O7/c1-7-24(27(36)29(38)32-16-20-11-22(40-4)14-23(12-20)41-5)34-28(37)25(10-18(2)3)35-30(39)33-17-21-9-8-19(15-31)13-26(21)42-6/h8-9,11-14,18,24-25H,7,10,16-17H2,1-6H3,(H,32,38)(H,34,37)(H2,33,35,39)/t24?,25-/m0/s1. The summed E-state index contributed by atoms with van der Waals surface area (Å²) in [5.74, 6) is -0.689. The molecule has 0 aliphatic carbocycles. The van der Waals surface area contributed by atoms with Crippen LogP contribution in [0.1, 0.15) is 50.3 Å². The van der Waals surface area contributed by atoms with Crippen molar-refractivity contribution < 1.29 is 33.4 Å². The van der Waals surface area contributed by atoms with Crippen LogP contribution in [0.2, 0.25) is 0 Å². The first-order chi connectivity index (χ1) is 20.0. The van der Waals surface area contributed by atoms with E-state index < -0.39 is 35.7 Å². The molecule has 2 aromatic rings. The molecule has 0 spiro atoms. The molecule has 2 rings (SSSR count). The van der Waals surface area contributed by atoms with Crippen molar-refractivity contribution in [2.75, 3.05) is 21.3 Å². The molecule has 226 valence electrons. The van der Waals surface area contributed by atoms with Gasteiger partial charge in [0.1, 0.15) is 23.3 Å². The van der Waals surface area contributed by atoms with Crippen LogP contribution in [0.3, 0.4) is 0 Å². The van der Waals surface area contributed by atoms with Crippen LogP contribution in [0.4, 0.5) is 4.79 Å². The molecule has 0 fully saturated rings. The molecule has 0 aliphatic heterocycles. The minimum Gasteiger partial charge on any atom is -0.497 e. The Hall–Kier alpha value is -4.79. The molecule has 0 saturated carbocycles. The maximum Gasteiger partial charge on any atom is 0.315 e. The van der Waals surface area contributed by atoms with E-state index in [1.165, 1.54) is 21.3 Å². The van der Waals surface area contributed by atoms with Gasteiger partial charge >= 0.3 is 6.03 Å². The van der Waals surface area contributed by atoms with Crippen molar-refractivity contribution in [3.63, 3.8) is 0 Å². The van der Waals surface area contributed by atoms with Crippen LogP contribution < -0.4 is 35.5 Å². The predicted octanol–water partition coefficient (Wildman–Crippen LogP) is 2.58. The SMILES string of the molecule is CCC(NC(=O)[C@H](CC(C)C)NC(=O)NCc1ccc(C#N)cc1OC)C(=O)C(=O)NCc1cc(OC)cc(OC)c1. The van der Waals surface area contributed by atoms with E-state index in [0.29, 0.717) is 40.4 Å². The number of rotatable bonds is 15. The predicted molar refractivity (Wildman–Crippen MR) is 155 cm³/mol. The third-order valence-corrected chi connectivity index (χ3v) is 6.31. The molecule has 12 nitrogen and oxygen atoms in total. The molecule has 1 unspecified atom stereocenters. The topological polar surface area (TPSA) is 168 Å². The summed E-state index contributed by atoms with van der Waals surface area (Å²) in [7, 11) is 4.48. The second-order valence-corrected chi connectivity index (χ2v) is 9.88. The Labute approximate surface area is 246 Å². The molecule has 12 heteroatoms. The molecule has 2 aromatic carbocycles. The summed E-state index contributed by atoms with van der Waals surface area (Å²) in [6.07, 6.45) is 0.470. The van der Waals surface area contributed by atoms with Crippen LogP contribution in [0, 0.1) is 17.2 Å². The number of Topliss-reactive ketones (excluding diaryl/α,β-unsaturated/α-hetero) is 1. The van der Waals surface area contributed by atoms with Gasteiger partial charge in [0, 0.05) is 24.7 Å². The molecule has 0 saturated heterocycles. The molecule has 0 heterocycles. The van der Waals surface area contributed by atoms with Crippen LogP contribution in [0.25, 0.3) is 0 Å². The van der Waals surface area contributed by atoms with Gasteiger partial charge in [-0.15, -0.1) is 0 Å². The zero-order valence-corrected chi connectivity index (χ0v) is 24.8. The number of nitrogens with one attached hydrogen (secondary N) is 4. The number of hydrogen-bond acceptors (Lipinski definition) is 8. The summed E-state index contributed by atoms with van der Waals surface area (Å²) in [6.45, 7) is 5.60. The molecule has 2 atom stereocenters. The fourth-order valence-electron chi connectivity index (χ4n) is 4.07. The van der Waals surface area contributed by atoms with E-state index in [-0.39, 0.29) is 25.4 Å². The molecular weight excluding hydrogens is 542 g/mol. The van der Waals surface area contributed by atoms with Gasteiger partial charge < -0.3 is 35.5 Å². The Balaban J connectivity index is 2.01. The van der Waals surface area contributed by atoms with Gasteiger partial charge in [-0.25, -0.2) is 4.79 Å². The largest absolute Gasteiger partial charge is 0.497 e. The number of amides is 4. The van der Waals surface area contributed by atoms with E-state index in [1.54, 1.807) is 43.3 Å². The minimum absolute atomic E-state index is 0.0404. The van der Waals surface area contributed by atoms with Gasteiger partial charge in [-0.3, -0.25) is 14.4 Å². The lowest BCUT2D eigenvalue weighted by Crippen LogP contribution is -2.55. The smallest absolute Gasteiger partial charge is 0.315 e. The van der Waals surface area contributed by atoms with E-state index >= 15 is 0 Å². The van der Waals surface area contributed by atoms with Crippen LogP contribution in [-0.4, -0.2) is 57.0 Å². The monoisotopic (exact) mass is 581 g/mol. The van der Waals surface area contributed by atoms with Crippen LogP contribution in [-0.2, 0) is 27.5 Å². The van der Waals surface area contributed by atoms with E-state index in [0.717, 1.165) is 0 Å². The molecule has 0 bridgehead atoms. The first-order valence-corrected chi connectivity index (χ1v) is 13.5. The second-order valence-electron chi connectivity index (χ2n) is 9.88. The third-order valence-electron chi connectivity index (χ3n) is 6.31. The maximum absolute atomic E-state index is 13.2. The zero-order chi connectivity index (χ0) is 31.2. The number of carbonyl (C=O) groups is 4. The Morgan fingerprint density at radius 1 is 0.857 bits per heavy atom. The average Bonchev–Trinajstić information content (AvgIpc) is 2.99. The van der Waals surface area contributed by atoms with Gasteiger partial charge in [0.2, 0.25) is 11.7 Å². The number of hydrogen-bond donors (Lipinski definition) is 4. The van der Waals surface area contributed by atoms with Crippen molar-refractivity contribution >= 4 is 23.6 Å². The number of urea groups is 1. The summed E-state index contributed by atoms with van der Waals surface area (Å²) in [5, 5.41) is 19.6. The summed E-state index contributed by atoms with van der Waals surface area (Å²) in [5.41, 5.74) is 1.73. The number of nitriles is 1. The van der Waals surface area contributed by atoms with Gasteiger partial charge in [0.15, 0.2) is 0 Å². The molecule has 0 aliphatic rings. The van der Waals surface area contributed by atoms with Crippen molar-refractivity contribution in [2.45, 2.75) is 58.8 Å². The lowest BCUT2D eigenvalue weighted by molar-refractivity contribution is -0.140. The van der Waals surface area contributed by atoms with E-state index in [9.17, 15) is 19.2 Å². The Morgan fingerprint density at radius 3 is 2.07 bits per heavy atom. The Bertz CT molecular complexity index is 1280. The van der Waals surface area contributed by atoms with E-state index in [1.807, 2.05) is 19.9 Å². The average molecular weight is 582 g/mol. The molecule has 0 radical (unpaired) electrons. The fourth-order valence-corrected chi connectivity index (χ4v) is 4.07. The Morgan fingerprint density at radius 2 is 1.52 bits per heavy atom. The van der Waals surface area contributed by atoms with Crippen LogP contribution >= 0.6 is 0 Å². The van der Waals surface area contributed by atoms with Gasteiger partial charge in [-0.05, 0) is 48.6 Å². The molecular formula is C30H39N5O7.